The van der Waals surface area contributed by atoms with Crippen LogP contribution < -0.4 is 14.2 Å². The molecule has 0 saturated carbocycles. The highest BCUT2D eigenvalue weighted by Crippen LogP contribution is 2.44. The molecule has 1 saturated heterocycles. The van der Waals surface area contributed by atoms with Crippen LogP contribution in [0, 0.1) is 6.92 Å². The molecule has 1 aliphatic heterocycles. The highest BCUT2D eigenvalue weighted by molar-refractivity contribution is 6.46. The van der Waals surface area contributed by atoms with Gasteiger partial charge in [-0.1, -0.05) is 0 Å². The van der Waals surface area contributed by atoms with Gasteiger partial charge in [0, 0.05) is 17.7 Å². The lowest BCUT2D eigenvalue weighted by molar-refractivity contribution is -0.140. The number of carbonyl (C=O) groups is 2. The fraction of sp³-hybridized carbons (Fsp3) is 0.429. The van der Waals surface area contributed by atoms with Gasteiger partial charge in [0.2, 0.25) is 0 Å². The number of aryl methyl sites for hydroxylation is 1. The van der Waals surface area contributed by atoms with Crippen LogP contribution in [0.25, 0.3) is 5.76 Å². The molecule has 2 aromatic rings. The van der Waals surface area contributed by atoms with Crippen LogP contribution in [0.4, 0.5) is 0 Å². The van der Waals surface area contributed by atoms with Crippen molar-refractivity contribution >= 4 is 17.4 Å². The Hall–Kier alpha value is -3.52. The number of hydrogen-bond acceptors (Lipinski definition) is 7. The number of nitrogens with zero attached hydrogens (tertiary/aromatic N) is 2. The SMILES string of the molecule is COc1ccc(OC)c([C@H]2/C(=C(\O)c3ccc(OC(C)C)cc3C)C(=O)C(=O)N2CCCN(C)C)c1. The average molecular weight is 497 g/mol. The van der Waals surface area contributed by atoms with Crippen molar-refractivity contribution in [2.75, 3.05) is 41.4 Å². The molecule has 8 heteroatoms. The number of amides is 1. The van der Waals surface area contributed by atoms with Crippen molar-refractivity contribution in [1.82, 2.24) is 9.80 Å². The molecule has 1 fully saturated rings. The van der Waals surface area contributed by atoms with Gasteiger partial charge in [0.15, 0.2) is 0 Å². The molecule has 0 unspecified atom stereocenters. The zero-order valence-electron chi connectivity index (χ0n) is 22.1. The summed E-state index contributed by atoms with van der Waals surface area (Å²) in [5, 5.41) is 11.5. The first-order valence-electron chi connectivity index (χ1n) is 12.0. The molecule has 3 rings (SSSR count). The number of rotatable bonds is 10. The van der Waals surface area contributed by atoms with Crippen LogP contribution in [0.15, 0.2) is 42.0 Å². The van der Waals surface area contributed by atoms with Gasteiger partial charge in [-0.25, -0.2) is 0 Å². The standard InChI is InChI=1S/C28H36N2O6/c1-17(2)36-20-9-11-21(18(3)15-20)26(31)24-25(22-16-19(34-6)10-12-23(22)35-7)30(28(33)27(24)32)14-8-13-29(4)5/h9-12,15-17,25,31H,8,13-14H2,1-7H3/b26-24+/t25-/m0/s1. The summed E-state index contributed by atoms with van der Waals surface area (Å²) in [5.74, 6) is 0.0949. The van der Waals surface area contributed by atoms with Gasteiger partial charge in [0.25, 0.3) is 11.7 Å². The minimum atomic E-state index is -0.830. The lowest BCUT2D eigenvalue weighted by atomic mass is 9.93. The summed E-state index contributed by atoms with van der Waals surface area (Å²) < 4.78 is 16.8. The Kier molecular flexibility index (Phi) is 8.63. The van der Waals surface area contributed by atoms with E-state index in [9.17, 15) is 14.7 Å². The number of carbonyl (C=O) groups excluding carboxylic acids is 2. The van der Waals surface area contributed by atoms with E-state index in [4.69, 9.17) is 14.2 Å². The van der Waals surface area contributed by atoms with Crippen LogP contribution in [-0.2, 0) is 9.59 Å². The smallest absolute Gasteiger partial charge is 0.295 e. The minimum absolute atomic E-state index is 0.00290. The van der Waals surface area contributed by atoms with Gasteiger partial charge in [-0.3, -0.25) is 9.59 Å². The third-order valence-corrected chi connectivity index (χ3v) is 6.10. The predicted molar refractivity (Wildman–Crippen MR) is 139 cm³/mol. The first kappa shape index (κ1) is 27.1. The molecule has 0 aromatic heterocycles. The maximum Gasteiger partial charge on any atom is 0.295 e. The number of aliphatic hydroxyl groups is 1. The number of benzene rings is 2. The predicted octanol–water partition coefficient (Wildman–Crippen LogP) is 4.17. The van der Waals surface area contributed by atoms with Crippen LogP contribution in [0.5, 0.6) is 17.2 Å². The van der Waals surface area contributed by atoms with Crippen molar-refractivity contribution in [3.05, 3.63) is 58.7 Å². The molecule has 36 heavy (non-hydrogen) atoms. The molecule has 1 N–H and O–H groups in total. The molecular formula is C28H36N2O6. The fourth-order valence-corrected chi connectivity index (χ4v) is 4.44. The second-order valence-electron chi connectivity index (χ2n) is 9.40. The molecule has 0 spiro atoms. The van der Waals surface area contributed by atoms with E-state index in [1.807, 2.05) is 45.8 Å². The summed E-state index contributed by atoms with van der Waals surface area (Å²) in [5.41, 5.74) is 1.78. The Morgan fingerprint density at radius 1 is 1.06 bits per heavy atom. The molecule has 0 bridgehead atoms. The number of ketones is 1. The quantitative estimate of drug-likeness (QED) is 0.300. The van der Waals surface area contributed by atoms with Crippen LogP contribution in [0.3, 0.4) is 0 Å². The molecular weight excluding hydrogens is 460 g/mol. The third kappa shape index (κ3) is 5.65. The normalized spacial score (nSPS) is 17.2. The first-order chi connectivity index (χ1) is 17.1. The van der Waals surface area contributed by atoms with Crippen molar-refractivity contribution in [2.45, 2.75) is 39.3 Å². The van der Waals surface area contributed by atoms with Crippen molar-refractivity contribution in [1.29, 1.82) is 0 Å². The largest absolute Gasteiger partial charge is 0.507 e. The Bertz CT molecular complexity index is 1150. The van der Waals surface area contributed by atoms with Gasteiger partial charge < -0.3 is 29.1 Å². The second-order valence-corrected chi connectivity index (χ2v) is 9.40. The van der Waals surface area contributed by atoms with Crippen LogP contribution in [-0.4, -0.2) is 74.1 Å². The van der Waals surface area contributed by atoms with Crippen LogP contribution >= 0.6 is 0 Å². The van der Waals surface area contributed by atoms with Crippen molar-refractivity contribution in [3.8, 4) is 17.2 Å². The molecule has 1 amide bonds. The van der Waals surface area contributed by atoms with Gasteiger partial charge in [0.05, 0.1) is 31.9 Å². The third-order valence-electron chi connectivity index (χ3n) is 6.10. The molecule has 194 valence electrons. The van der Waals surface area contributed by atoms with Crippen LogP contribution in [0.1, 0.15) is 43.0 Å². The number of hydrogen-bond donors (Lipinski definition) is 1. The van der Waals surface area contributed by atoms with E-state index >= 15 is 0 Å². The summed E-state index contributed by atoms with van der Waals surface area (Å²) in [7, 11) is 6.98. The summed E-state index contributed by atoms with van der Waals surface area (Å²) in [4.78, 5) is 30.2. The number of aliphatic hydroxyl groups excluding tert-OH is 1. The Morgan fingerprint density at radius 3 is 2.33 bits per heavy atom. The molecule has 1 atom stereocenters. The van der Waals surface area contributed by atoms with E-state index in [2.05, 4.69) is 0 Å². The summed E-state index contributed by atoms with van der Waals surface area (Å²) in [6.45, 7) is 6.77. The molecule has 0 radical (unpaired) electrons. The van der Waals surface area contributed by atoms with Crippen LogP contribution in [0.2, 0.25) is 0 Å². The maximum atomic E-state index is 13.4. The molecule has 1 heterocycles. The average Bonchev–Trinajstić information content (AvgIpc) is 3.07. The zero-order valence-corrected chi connectivity index (χ0v) is 22.1. The van der Waals surface area contributed by atoms with E-state index in [1.54, 1.807) is 37.4 Å². The van der Waals surface area contributed by atoms with E-state index in [-0.39, 0.29) is 17.4 Å². The summed E-state index contributed by atoms with van der Waals surface area (Å²) in [6.07, 6.45) is 0.653. The Balaban J connectivity index is 2.19. The van der Waals surface area contributed by atoms with E-state index < -0.39 is 17.7 Å². The molecule has 2 aromatic carbocycles. The zero-order chi connectivity index (χ0) is 26.6. The van der Waals surface area contributed by atoms with Gasteiger partial charge in [-0.15, -0.1) is 0 Å². The number of ether oxygens (including phenoxy) is 3. The van der Waals surface area contributed by atoms with E-state index in [0.717, 1.165) is 12.1 Å². The molecule has 1 aliphatic rings. The fourth-order valence-electron chi connectivity index (χ4n) is 4.44. The number of Topliss-reactive ketones (excluding diaryl/α,β-unsaturated/α-hetero) is 1. The van der Waals surface area contributed by atoms with Gasteiger partial charge >= 0.3 is 0 Å². The second kappa shape index (κ2) is 11.5. The van der Waals surface area contributed by atoms with E-state index in [0.29, 0.717) is 41.3 Å². The number of methoxy groups -OCH3 is 2. The van der Waals surface area contributed by atoms with Crippen molar-refractivity contribution in [2.24, 2.45) is 0 Å². The van der Waals surface area contributed by atoms with Crippen molar-refractivity contribution in [3.63, 3.8) is 0 Å². The molecule has 8 nitrogen and oxygen atoms in total. The Labute approximate surface area is 213 Å². The molecule has 0 aliphatic carbocycles. The lowest BCUT2D eigenvalue weighted by Gasteiger charge is -2.27. The summed E-state index contributed by atoms with van der Waals surface area (Å²) >= 11 is 0. The van der Waals surface area contributed by atoms with Gasteiger partial charge in [0.1, 0.15) is 23.0 Å². The van der Waals surface area contributed by atoms with Gasteiger partial charge in [-0.05, 0) is 89.8 Å². The first-order valence-corrected chi connectivity index (χ1v) is 12.0. The van der Waals surface area contributed by atoms with Crippen molar-refractivity contribution < 1.29 is 28.9 Å². The highest BCUT2D eigenvalue weighted by atomic mass is 16.5. The summed E-state index contributed by atoms with van der Waals surface area (Å²) in [6, 6.07) is 9.66. The Morgan fingerprint density at radius 2 is 1.75 bits per heavy atom. The topological polar surface area (TPSA) is 88.5 Å². The monoisotopic (exact) mass is 496 g/mol. The van der Waals surface area contributed by atoms with Gasteiger partial charge in [-0.2, -0.15) is 0 Å². The highest BCUT2D eigenvalue weighted by Gasteiger charge is 2.47. The van der Waals surface area contributed by atoms with E-state index in [1.165, 1.54) is 12.0 Å². The maximum absolute atomic E-state index is 13.4. The number of likely N-dealkylation sites (tertiary alicyclic amines) is 1. The lowest BCUT2D eigenvalue weighted by Crippen LogP contribution is -2.32. The minimum Gasteiger partial charge on any atom is -0.507 e.